The topological polar surface area (TPSA) is 49.4 Å². The molecule has 5 rings (SSSR count). The monoisotopic (exact) mass is 360 g/mol. The Balaban J connectivity index is 1.34. The molecule has 2 saturated carbocycles. The Morgan fingerprint density at radius 3 is 2.48 bits per heavy atom. The van der Waals surface area contributed by atoms with E-state index in [2.05, 4.69) is 5.32 Å². The van der Waals surface area contributed by atoms with Gasteiger partial charge >= 0.3 is 0 Å². The highest BCUT2D eigenvalue weighted by Crippen LogP contribution is 2.43. The lowest BCUT2D eigenvalue weighted by Crippen LogP contribution is -2.30. The highest BCUT2D eigenvalue weighted by Gasteiger charge is 2.38. The first-order chi connectivity index (χ1) is 13.2. The smallest absolute Gasteiger partial charge is 0.232 e. The molecule has 0 radical (unpaired) electrons. The number of hydrogen-bond acceptors (Lipinski definition) is 2. The van der Waals surface area contributed by atoms with Gasteiger partial charge in [-0.3, -0.25) is 9.59 Å². The molecule has 1 atom stereocenters. The fourth-order valence-corrected chi connectivity index (χ4v) is 4.21. The largest absolute Gasteiger partial charge is 0.326 e. The molecule has 0 saturated heterocycles. The van der Waals surface area contributed by atoms with Crippen LogP contribution in [0.3, 0.4) is 0 Å². The maximum atomic E-state index is 13.0. The number of hydrogen-bond donors (Lipinski definition) is 1. The molecular weight excluding hydrogens is 336 g/mol. The van der Waals surface area contributed by atoms with Crippen LogP contribution in [0, 0.1) is 11.8 Å². The van der Waals surface area contributed by atoms with Crippen LogP contribution in [0.4, 0.5) is 11.4 Å². The van der Waals surface area contributed by atoms with E-state index in [1.54, 1.807) is 0 Å². The summed E-state index contributed by atoms with van der Waals surface area (Å²) in [4.78, 5) is 27.3. The van der Waals surface area contributed by atoms with Gasteiger partial charge in [0.25, 0.3) is 0 Å². The second kappa shape index (κ2) is 6.52. The second-order valence-corrected chi connectivity index (χ2v) is 8.07. The highest BCUT2D eigenvalue weighted by atomic mass is 16.2. The summed E-state index contributed by atoms with van der Waals surface area (Å²) in [5.74, 6) is 0.956. The van der Waals surface area contributed by atoms with Gasteiger partial charge in [-0.05, 0) is 67.3 Å². The van der Waals surface area contributed by atoms with Crippen LogP contribution in [0.25, 0.3) is 0 Å². The molecule has 27 heavy (non-hydrogen) atoms. The van der Waals surface area contributed by atoms with E-state index in [9.17, 15) is 9.59 Å². The minimum Gasteiger partial charge on any atom is -0.326 e. The zero-order valence-corrected chi connectivity index (χ0v) is 15.4. The second-order valence-electron chi connectivity index (χ2n) is 8.07. The van der Waals surface area contributed by atoms with Crippen LogP contribution in [-0.2, 0) is 16.0 Å². The Morgan fingerprint density at radius 2 is 1.78 bits per heavy atom. The molecule has 1 unspecified atom stereocenters. The van der Waals surface area contributed by atoms with Crippen molar-refractivity contribution >= 4 is 23.2 Å². The summed E-state index contributed by atoms with van der Waals surface area (Å²) in [6.07, 6.45) is 5.16. The summed E-state index contributed by atoms with van der Waals surface area (Å²) >= 11 is 0. The zero-order valence-electron chi connectivity index (χ0n) is 15.4. The van der Waals surface area contributed by atoms with Gasteiger partial charge in [-0.15, -0.1) is 0 Å². The summed E-state index contributed by atoms with van der Waals surface area (Å²) < 4.78 is 0. The first-order valence-corrected chi connectivity index (χ1v) is 10.0. The van der Waals surface area contributed by atoms with Crippen LogP contribution in [0.1, 0.15) is 42.7 Å². The maximum absolute atomic E-state index is 13.0. The first kappa shape index (κ1) is 16.5. The number of benzene rings is 2. The van der Waals surface area contributed by atoms with Gasteiger partial charge in [-0.25, -0.2) is 0 Å². The minimum absolute atomic E-state index is 0.0764. The van der Waals surface area contributed by atoms with Gasteiger partial charge in [-0.2, -0.15) is 0 Å². The van der Waals surface area contributed by atoms with Crippen LogP contribution in [0.2, 0.25) is 0 Å². The van der Waals surface area contributed by atoms with Crippen molar-refractivity contribution in [3.05, 3.63) is 59.7 Å². The molecule has 1 aliphatic heterocycles. The van der Waals surface area contributed by atoms with Crippen molar-refractivity contribution in [2.45, 2.75) is 38.0 Å². The number of nitrogens with zero attached hydrogens (tertiary/aromatic N) is 1. The molecule has 4 nitrogen and oxygen atoms in total. The number of carbonyl (C=O) groups excluding carboxylic acids is 2. The van der Waals surface area contributed by atoms with E-state index in [-0.39, 0.29) is 23.7 Å². The van der Waals surface area contributed by atoms with Crippen molar-refractivity contribution in [3.63, 3.8) is 0 Å². The number of amides is 2. The first-order valence-electron chi connectivity index (χ1n) is 10.0. The van der Waals surface area contributed by atoms with Crippen molar-refractivity contribution in [3.8, 4) is 0 Å². The van der Waals surface area contributed by atoms with E-state index in [0.29, 0.717) is 5.92 Å². The van der Waals surface area contributed by atoms with Gasteiger partial charge in [-0.1, -0.05) is 30.3 Å². The molecular formula is C23H24N2O2. The normalized spacial score (nSPS) is 19.5. The average Bonchev–Trinajstić information content (AvgIpc) is 3.60. The quantitative estimate of drug-likeness (QED) is 0.872. The predicted octanol–water partition coefficient (Wildman–Crippen LogP) is 4.12. The lowest BCUT2D eigenvalue weighted by Gasteiger charge is -2.19. The Morgan fingerprint density at radius 1 is 1.00 bits per heavy atom. The van der Waals surface area contributed by atoms with Crippen molar-refractivity contribution in [1.29, 1.82) is 0 Å². The number of fused-ring (bicyclic) bond motifs is 1. The number of rotatable bonds is 5. The molecule has 0 aromatic heterocycles. The van der Waals surface area contributed by atoms with Gasteiger partial charge in [0.05, 0.1) is 5.92 Å². The van der Waals surface area contributed by atoms with Crippen LogP contribution in [0.15, 0.2) is 48.5 Å². The zero-order chi connectivity index (χ0) is 18.4. The van der Waals surface area contributed by atoms with Gasteiger partial charge < -0.3 is 10.2 Å². The van der Waals surface area contributed by atoms with E-state index < -0.39 is 0 Å². The van der Waals surface area contributed by atoms with Crippen LogP contribution < -0.4 is 10.2 Å². The maximum Gasteiger partial charge on any atom is 0.232 e. The van der Waals surface area contributed by atoms with E-state index in [0.717, 1.165) is 61.2 Å². The van der Waals surface area contributed by atoms with E-state index in [4.69, 9.17) is 0 Å². The third kappa shape index (κ3) is 3.25. The molecule has 1 heterocycles. The SMILES string of the molecule is O=C(Nc1ccc2c(c1)CCN2C(=O)C1CC1)C(c1ccccc1)C1CC1. The average molecular weight is 360 g/mol. The number of anilines is 2. The summed E-state index contributed by atoms with van der Waals surface area (Å²) in [6.45, 7) is 0.761. The Kier molecular flexibility index (Phi) is 4.00. The molecule has 2 aliphatic carbocycles. The Labute approximate surface area is 159 Å². The standard InChI is InChI=1S/C23H24N2O2/c26-22(21(16-6-7-16)15-4-2-1-3-5-15)24-19-10-11-20-18(14-19)12-13-25(20)23(27)17-8-9-17/h1-5,10-11,14,16-17,21H,6-9,12-13H2,(H,24,26). The lowest BCUT2D eigenvalue weighted by atomic mass is 9.93. The molecule has 0 spiro atoms. The molecule has 4 heteroatoms. The third-order valence-electron chi connectivity index (χ3n) is 5.97. The Bertz CT molecular complexity index is 885. The molecule has 1 N–H and O–H groups in total. The van der Waals surface area contributed by atoms with Crippen molar-refractivity contribution in [1.82, 2.24) is 0 Å². The fraction of sp³-hybridized carbons (Fsp3) is 0.391. The molecule has 138 valence electrons. The van der Waals surface area contributed by atoms with E-state index in [1.165, 1.54) is 0 Å². The summed E-state index contributed by atoms with van der Waals surface area (Å²) in [6, 6.07) is 16.1. The summed E-state index contributed by atoms with van der Waals surface area (Å²) in [7, 11) is 0. The summed E-state index contributed by atoms with van der Waals surface area (Å²) in [5.41, 5.74) is 4.11. The number of nitrogens with one attached hydrogen (secondary N) is 1. The van der Waals surface area contributed by atoms with Crippen molar-refractivity contribution in [2.75, 3.05) is 16.8 Å². The lowest BCUT2D eigenvalue weighted by molar-refractivity contribution is -0.120. The minimum atomic E-state index is -0.0765. The van der Waals surface area contributed by atoms with Gasteiger partial charge in [0.2, 0.25) is 11.8 Å². The molecule has 3 aliphatic rings. The number of carbonyl (C=O) groups is 2. The molecule has 0 bridgehead atoms. The van der Waals surface area contributed by atoms with E-state index in [1.807, 2.05) is 53.4 Å². The fourth-order valence-electron chi connectivity index (χ4n) is 4.21. The Hall–Kier alpha value is -2.62. The highest BCUT2D eigenvalue weighted by molar-refractivity contribution is 6.00. The third-order valence-corrected chi connectivity index (χ3v) is 5.97. The molecule has 2 fully saturated rings. The van der Waals surface area contributed by atoms with Gasteiger partial charge in [0.15, 0.2) is 0 Å². The van der Waals surface area contributed by atoms with Crippen LogP contribution >= 0.6 is 0 Å². The van der Waals surface area contributed by atoms with E-state index >= 15 is 0 Å². The van der Waals surface area contributed by atoms with Gasteiger partial charge in [0, 0.05) is 23.8 Å². The predicted molar refractivity (Wildman–Crippen MR) is 106 cm³/mol. The van der Waals surface area contributed by atoms with Crippen molar-refractivity contribution in [2.24, 2.45) is 11.8 Å². The van der Waals surface area contributed by atoms with Gasteiger partial charge in [0.1, 0.15) is 0 Å². The van der Waals surface area contributed by atoms with Crippen LogP contribution in [-0.4, -0.2) is 18.4 Å². The molecule has 2 aromatic carbocycles. The molecule has 2 amide bonds. The van der Waals surface area contributed by atoms with Crippen LogP contribution in [0.5, 0.6) is 0 Å². The van der Waals surface area contributed by atoms with Crippen molar-refractivity contribution < 1.29 is 9.59 Å². The molecule has 2 aromatic rings. The summed E-state index contributed by atoms with van der Waals surface area (Å²) in [5, 5.41) is 3.13.